The van der Waals surface area contributed by atoms with Crippen molar-refractivity contribution >= 4 is 5.97 Å². The van der Waals surface area contributed by atoms with E-state index in [0.29, 0.717) is 0 Å². The highest BCUT2D eigenvalue weighted by molar-refractivity contribution is 5.79. The van der Waals surface area contributed by atoms with Crippen molar-refractivity contribution in [3.63, 3.8) is 0 Å². The maximum Gasteiger partial charge on any atom is 0.314 e. The van der Waals surface area contributed by atoms with E-state index in [1.807, 2.05) is 7.05 Å². The number of rotatable bonds is 0. The normalized spacial score (nSPS) is 35.6. The maximum absolute atomic E-state index is 14.0. The molecule has 2 fully saturated rings. The highest BCUT2D eigenvalue weighted by Gasteiger charge is 2.57. The number of ether oxygens (including phenoxy) is 1. The zero-order valence-corrected chi connectivity index (χ0v) is 9.86. The summed E-state index contributed by atoms with van der Waals surface area (Å²) in [6, 6.07) is 0. The fourth-order valence-electron chi connectivity index (χ4n) is 3.19. The summed E-state index contributed by atoms with van der Waals surface area (Å²) in [5.41, 5.74) is -0.598. The first-order valence-electron chi connectivity index (χ1n) is 6.08. The van der Waals surface area contributed by atoms with Crippen LogP contribution in [0.2, 0.25) is 0 Å². The Balaban J connectivity index is 1.94. The van der Waals surface area contributed by atoms with Crippen molar-refractivity contribution in [2.75, 3.05) is 20.1 Å². The predicted molar refractivity (Wildman–Crippen MR) is 60.9 cm³/mol. The Kier molecular flexibility index (Phi) is 2.36. The van der Waals surface area contributed by atoms with Crippen LogP contribution in [0.5, 0.6) is 0 Å². The van der Waals surface area contributed by atoms with Crippen molar-refractivity contribution in [2.24, 2.45) is 11.8 Å². The van der Waals surface area contributed by atoms with Gasteiger partial charge >= 0.3 is 5.97 Å². The van der Waals surface area contributed by atoms with Gasteiger partial charge in [-0.05, 0) is 13.1 Å². The van der Waals surface area contributed by atoms with Crippen molar-refractivity contribution in [3.05, 3.63) is 24.1 Å². The number of carbonyl (C=O) groups is 1. The largest absolute Gasteiger partial charge is 0.458 e. The molecule has 0 amide bonds. The molecule has 1 aliphatic carbocycles. The summed E-state index contributed by atoms with van der Waals surface area (Å²) in [5.74, 6) is -1.27. The molecule has 4 heteroatoms. The molecule has 0 aromatic heterocycles. The third-order valence-corrected chi connectivity index (χ3v) is 4.21. The molecule has 0 aromatic rings. The molecule has 2 heterocycles. The summed E-state index contributed by atoms with van der Waals surface area (Å²) in [6.07, 6.45) is 6.30. The van der Waals surface area contributed by atoms with Crippen LogP contribution in [-0.2, 0) is 9.53 Å². The van der Waals surface area contributed by atoms with Gasteiger partial charge < -0.3 is 9.64 Å². The number of carbonyl (C=O) groups excluding carboxylic acids is 1. The van der Waals surface area contributed by atoms with Gasteiger partial charge in [0, 0.05) is 25.9 Å². The minimum Gasteiger partial charge on any atom is -0.458 e. The Labute approximate surface area is 99.9 Å². The van der Waals surface area contributed by atoms with Crippen molar-refractivity contribution in [3.8, 4) is 0 Å². The standard InChI is InChI=1S/C13H16FNO2/c1-15-7-5-13(6-8-15)11-9(12(16)17-13)3-2-4-10(11)14/h2-4,9,11H,5-8H2,1H3. The zero-order valence-electron chi connectivity index (χ0n) is 9.86. The Morgan fingerprint density at radius 2 is 2.18 bits per heavy atom. The second-order valence-corrected chi connectivity index (χ2v) is 5.23. The lowest BCUT2D eigenvalue weighted by atomic mass is 9.73. The van der Waals surface area contributed by atoms with Gasteiger partial charge in [0.25, 0.3) is 0 Å². The first-order valence-corrected chi connectivity index (χ1v) is 6.08. The number of allylic oxidation sites excluding steroid dienone is 2. The molecule has 2 unspecified atom stereocenters. The second-order valence-electron chi connectivity index (χ2n) is 5.23. The van der Waals surface area contributed by atoms with E-state index in [2.05, 4.69) is 4.90 Å². The van der Waals surface area contributed by atoms with E-state index >= 15 is 0 Å². The average Bonchev–Trinajstić information content (AvgIpc) is 2.59. The van der Waals surface area contributed by atoms with E-state index in [-0.39, 0.29) is 11.8 Å². The number of likely N-dealkylation sites (tertiary alicyclic amines) is 1. The number of hydrogen-bond acceptors (Lipinski definition) is 3. The lowest BCUT2D eigenvalue weighted by Crippen LogP contribution is -2.47. The second kappa shape index (κ2) is 3.67. The molecule has 2 saturated heterocycles. The quantitative estimate of drug-likeness (QED) is 0.600. The van der Waals surface area contributed by atoms with Crippen LogP contribution >= 0.6 is 0 Å². The van der Waals surface area contributed by atoms with Crippen LogP contribution in [0.15, 0.2) is 24.1 Å². The molecular formula is C13H16FNO2. The van der Waals surface area contributed by atoms with Gasteiger partial charge in [-0.1, -0.05) is 12.2 Å². The molecular weight excluding hydrogens is 221 g/mol. The lowest BCUT2D eigenvalue weighted by molar-refractivity contribution is -0.154. The molecule has 0 radical (unpaired) electrons. The van der Waals surface area contributed by atoms with Crippen LogP contribution in [0, 0.1) is 11.8 Å². The van der Waals surface area contributed by atoms with Crippen LogP contribution in [-0.4, -0.2) is 36.6 Å². The minimum atomic E-state index is -0.598. The zero-order chi connectivity index (χ0) is 12.0. The molecule has 17 heavy (non-hydrogen) atoms. The molecule has 3 nitrogen and oxygen atoms in total. The van der Waals surface area contributed by atoms with Gasteiger partial charge in [0.2, 0.25) is 0 Å². The molecule has 0 saturated carbocycles. The average molecular weight is 237 g/mol. The van der Waals surface area contributed by atoms with Crippen molar-refractivity contribution < 1.29 is 13.9 Å². The topological polar surface area (TPSA) is 29.5 Å². The smallest absolute Gasteiger partial charge is 0.314 e. The fourth-order valence-corrected chi connectivity index (χ4v) is 3.19. The molecule has 2 aliphatic heterocycles. The molecule has 0 aromatic carbocycles. The number of esters is 1. The Morgan fingerprint density at radius 3 is 2.88 bits per heavy atom. The molecule has 3 aliphatic rings. The number of halogens is 1. The highest BCUT2D eigenvalue weighted by Crippen LogP contribution is 2.49. The molecule has 3 rings (SSSR count). The summed E-state index contributed by atoms with van der Waals surface area (Å²) >= 11 is 0. The number of hydrogen-bond donors (Lipinski definition) is 0. The fraction of sp³-hybridized carbons (Fsp3) is 0.615. The molecule has 92 valence electrons. The van der Waals surface area contributed by atoms with E-state index in [1.54, 1.807) is 12.2 Å². The minimum absolute atomic E-state index is 0.201. The third-order valence-electron chi connectivity index (χ3n) is 4.21. The number of piperidine rings is 1. The van der Waals surface area contributed by atoms with Gasteiger partial charge in [0.1, 0.15) is 11.4 Å². The summed E-state index contributed by atoms with van der Waals surface area (Å²) in [4.78, 5) is 14.0. The van der Waals surface area contributed by atoms with Crippen molar-refractivity contribution in [2.45, 2.75) is 18.4 Å². The third kappa shape index (κ3) is 1.54. The predicted octanol–water partition coefficient (Wildman–Crippen LogP) is 1.66. The Hall–Kier alpha value is -1.16. The molecule has 1 spiro atoms. The van der Waals surface area contributed by atoms with Crippen LogP contribution in [0.4, 0.5) is 4.39 Å². The van der Waals surface area contributed by atoms with Gasteiger partial charge in [0.15, 0.2) is 0 Å². The van der Waals surface area contributed by atoms with E-state index < -0.39 is 17.4 Å². The van der Waals surface area contributed by atoms with E-state index in [4.69, 9.17) is 4.74 Å². The van der Waals surface area contributed by atoms with E-state index in [1.165, 1.54) is 6.08 Å². The first-order chi connectivity index (χ1) is 8.12. The summed E-state index contributed by atoms with van der Waals surface area (Å²) < 4.78 is 19.6. The van der Waals surface area contributed by atoms with Gasteiger partial charge in [-0.3, -0.25) is 4.79 Å². The molecule has 0 N–H and O–H groups in total. The van der Waals surface area contributed by atoms with Crippen LogP contribution < -0.4 is 0 Å². The van der Waals surface area contributed by atoms with Gasteiger partial charge in [-0.25, -0.2) is 4.39 Å². The highest BCUT2D eigenvalue weighted by atomic mass is 19.1. The van der Waals surface area contributed by atoms with Gasteiger partial charge in [-0.15, -0.1) is 0 Å². The summed E-state index contributed by atoms with van der Waals surface area (Å²) in [7, 11) is 2.04. The monoisotopic (exact) mass is 237 g/mol. The summed E-state index contributed by atoms with van der Waals surface area (Å²) in [6.45, 7) is 1.71. The maximum atomic E-state index is 14.0. The van der Waals surface area contributed by atoms with Crippen molar-refractivity contribution in [1.29, 1.82) is 0 Å². The Morgan fingerprint density at radius 1 is 1.47 bits per heavy atom. The van der Waals surface area contributed by atoms with E-state index in [0.717, 1.165) is 25.9 Å². The SMILES string of the molecule is CN1CCC2(CC1)OC(=O)C1C=CC=C(F)C12. The lowest BCUT2D eigenvalue weighted by Gasteiger charge is -2.40. The van der Waals surface area contributed by atoms with E-state index in [9.17, 15) is 9.18 Å². The Bertz CT molecular complexity index is 408. The first kappa shape index (κ1) is 11.0. The number of nitrogens with zero attached hydrogens (tertiary/aromatic N) is 1. The molecule has 0 bridgehead atoms. The van der Waals surface area contributed by atoms with Crippen LogP contribution in [0.25, 0.3) is 0 Å². The van der Waals surface area contributed by atoms with Crippen molar-refractivity contribution in [1.82, 2.24) is 4.90 Å². The van der Waals surface area contributed by atoms with Crippen LogP contribution in [0.3, 0.4) is 0 Å². The van der Waals surface area contributed by atoms with Crippen LogP contribution in [0.1, 0.15) is 12.8 Å². The molecule has 2 atom stereocenters. The van der Waals surface area contributed by atoms with Gasteiger partial charge in [-0.2, -0.15) is 0 Å². The number of fused-ring (bicyclic) bond motifs is 2. The summed E-state index contributed by atoms with van der Waals surface area (Å²) in [5, 5.41) is 0. The van der Waals surface area contributed by atoms with Gasteiger partial charge in [0.05, 0.1) is 11.8 Å².